The van der Waals surface area contributed by atoms with Crippen LogP contribution in [-0.4, -0.2) is 22.6 Å². The summed E-state index contributed by atoms with van der Waals surface area (Å²) < 4.78 is 2.12. The van der Waals surface area contributed by atoms with Gasteiger partial charge in [-0.15, -0.1) is 0 Å². The standard InChI is InChI=1S/C14H27N3/c1-5-7-12(8-6-2)13(15-3)11-14-16-9-10-17(14)4/h9-10,12-13,15H,5-8,11H2,1-4H3. The second-order valence-corrected chi connectivity index (χ2v) is 4.89. The molecule has 1 aromatic heterocycles. The third-order valence-electron chi connectivity index (χ3n) is 3.58. The van der Waals surface area contributed by atoms with Crippen molar-refractivity contribution in [3.8, 4) is 0 Å². The van der Waals surface area contributed by atoms with Gasteiger partial charge in [0.1, 0.15) is 5.82 Å². The highest BCUT2D eigenvalue weighted by Crippen LogP contribution is 2.20. The third-order valence-corrected chi connectivity index (χ3v) is 3.58. The zero-order chi connectivity index (χ0) is 12.7. The molecule has 0 aromatic carbocycles. The molecule has 0 amide bonds. The monoisotopic (exact) mass is 237 g/mol. The molecule has 0 saturated heterocycles. The first-order valence-electron chi connectivity index (χ1n) is 6.86. The zero-order valence-corrected chi connectivity index (χ0v) is 11.7. The van der Waals surface area contributed by atoms with Crippen LogP contribution in [0.3, 0.4) is 0 Å². The Hall–Kier alpha value is -0.830. The van der Waals surface area contributed by atoms with E-state index in [1.165, 1.54) is 31.5 Å². The molecule has 0 fully saturated rings. The predicted octanol–water partition coefficient (Wildman–Crippen LogP) is 2.77. The molecule has 0 aliphatic rings. The van der Waals surface area contributed by atoms with Crippen molar-refractivity contribution in [2.24, 2.45) is 13.0 Å². The second kappa shape index (κ2) is 7.49. The fourth-order valence-electron chi connectivity index (χ4n) is 2.58. The maximum atomic E-state index is 4.43. The van der Waals surface area contributed by atoms with Crippen LogP contribution in [0.2, 0.25) is 0 Å². The van der Waals surface area contributed by atoms with Crippen molar-refractivity contribution in [3.05, 3.63) is 18.2 Å². The van der Waals surface area contributed by atoms with Crippen LogP contribution in [0.4, 0.5) is 0 Å². The molecule has 0 aliphatic carbocycles. The van der Waals surface area contributed by atoms with Crippen molar-refractivity contribution >= 4 is 0 Å². The molecule has 1 rings (SSSR count). The first kappa shape index (κ1) is 14.2. The summed E-state index contributed by atoms with van der Waals surface area (Å²) in [6.07, 6.45) is 10.1. The van der Waals surface area contributed by atoms with Gasteiger partial charge in [-0.05, 0) is 25.8 Å². The summed E-state index contributed by atoms with van der Waals surface area (Å²) in [7, 11) is 4.15. The van der Waals surface area contributed by atoms with Crippen molar-refractivity contribution in [1.29, 1.82) is 0 Å². The first-order valence-corrected chi connectivity index (χ1v) is 6.86. The van der Waals surface area contributed by atoms with Crippen LogP contribution in [0.15, 0.2) is 12.4 Å². The fraction of sp³-hybridized carbons (Fsp3) is 0.786. The van der Waals surface area contributed by atoms with Crippen LogP contribution in [0.25, 0.3) is 0 Å². The Morgan fingerprint density at radius 3 is 2.35 bits per heavy atom. The molecule has 1 unspecified atom stereocenters. The molecule has 0 radical (unpaired) electrons. The molecule has 1 aromatic rings. The van der Waals surface area contributed by atoms with Crippen LogP contribution in [-0.2, 0) is 13.5 Å². The average Bonchev–Trinajstić information content (AvgIpc) is 2.71. The topological polar surface area (TPSA) is 29.9 Å². The van der Waals surface area contributed by atoms with Crippen LogP contribution in [0, 0.1) is 5.92 Å². The molecular weight excluding hydrogens is 210 g/mol. The van der Waals surface area contributed by atoms with E-state index in [1.54, 1.807) is 0 Å². The molecule has 98 valence electrons. The van der Waals surface area contributed by atoms with E-state index in [0.717, 1.165) is 12.3 Å². The summed E-state index contributed by atoms with van der Waals surface area (Å²) in [4.78, 5) is 4.43. The Labute approximate surface area is 106 Å². The highest BCUT2D eigenvalue weighted by Gasteiger charge is 2.20. The van der Waals surface area contributed by atoms with Crippen LogP contribution < -0.4 is 5.32 Å². The lowest BCUT2D eigenvalue weighted by Crippen LogP contribution is -2.36. The van der Waals surface area contributed by atoms with Gasteiger partial charge in [0.15, 0.2) is 0 Å². The molecule has 1 atom stereocenters. The maximum absolute atomic E-state index is 4.43. The van der Waals surface area contributed by atoms with E-state index in [4.69, 9.17) is 0 Å². The first-order chi connectivity index (χ1) is 8.22. The van der Waals surface area contributed by atoms with Gasteiger partial charge in [0.05, 0.1) is 0 Å². The van der Waals surface area contributed by atoms with E-state index in [1.807, 2.05) is 12.4 Å². The van der Waals surface area contributed by atoms with E-state index in [-0.39, 0.29) is 0 Å². The Kier molecular flexibility index (Phi) is 6.27. The Morgan fingerprint density at radius 2 is 1.94 bits per heavy atom. The lowest BCUT2D eigenvalue weighted by molar-refractivity contribution is 0.317. The van der Waals surface area contributed by atoms with Gasteiger partial charge in [-0.3, -0.25) is 0 Å². The van der Waals surface area contributed by atoms with Crippen molar-refractivity contribution in [3.63, 3.8) is 0 Å². The van der Waals surface area contributed by atoms with Gasteiger partial charge in [-0.1, -0.05) is 26.7 Å². The largest absolute Gasteiger partial charge is 0.338 e. The van der Waals surface area contributed by atoms with Gasteiger partial charge >= 0.3 is 0 Å². The maximum Gasteiger partial charge on any atom is 0.109 e. The summed E-state index contributed by atoms with van der Waals surface area (Å²) in [6, 6.07) is 0.552. The van der Waals surface area contributed by atoms with Gasteiger partial charge in [-0.25, -0.2) is 4.98 Å². The number of likely N-dealkylation sites (N-methyl/N-ethyl adjacent to an activating group) is 1. The Bertz CT molecular complexity index is 300. The van der Waals surface area contributed by atoms with Gasteiger partial charge in [-0.2, -0.15) is 0 Å². The zero-order valence-electron chi connectivity index (χ0n) is 11.7. The Balaban J connectivity index is 2.64. The summed E-state index contributed by atoms with van der Waals surface area (Å²) in [5.74, 6) is 1.95. The lowest BCUT2D eigenvalue weighted by atomic mass is 9.88. The van der Waals surface area contributed by atoms with Crippen molar-refractivity contribution in [2.45, 2.75) is 52.0 Å². The number of imidazole rings is 1. The second-order valence-electron chi connectivity index (χ2n) is 4.89. The molecular formula is C14H27N3. The number of aryl methyl sites for hydroxylation is 1. The summed E-state index contributed by atoms with van der Waals surface area (Å²) in [5.41, 5.74) is 0. The minimum atomic E-state index is 0.552. The molecule has 3 heteroatoms. The highest BCUT2D eigenvalue weighted by atomic mass is 15.0. The van der Waals surface area contributed by atoms with Crippen LogP contribution in [0.5, 0.6) is 0 Å². The van der Waals surface area contributed by atoms with Crippen molar-refractivity contribution < 1.29 is 0 Å². The van der Waals surface area contributed by atoms with Gasteiger partial charge in [0.2, 0.25) is 0 Å². The number of hydrogen-bond acceptors (Lipinski definition) is 2. The van der Waals surface area contributed by atoms with Gasteiger partial charge in [0.25, 0.3) is 0 Å². The van der Waals surface area contributed by atoms with E-state index in [0.29, 0.717) is 6.04 Å². The van der Waals surface area contributed by atoms with E-state index in [9.17, 15) is 0 Å². The number of nitrogens with one attached hydrogen (secondary N) is 1. The molecule has 0 saturated carbocycles. The van der Waals surface area contributed by atoms with Gasteiger partial charge < -0.3 is 9.88 Å². The minimum absolute atomic E-state index is 0.552. The minimum Gasteiger partial charge on any atom is -0.338 e. The molecule has 3 nitrogen and oxygen atoms in total. The van der Waals surface area contributed by atoms with Crippen LogP contribution >= 0.6 is 0 Å². The molecule has 1 heterocycles. The molecule has 0 bridgehead atoms. The van der Waals surface area contributed by atoms with Gasteiger partial charge in [0, 0.05) is 31.9 Å². The van der Waals surface area contributed by atoms with Crippen molar-refractivity contribution in [1.82, 2.24) is 14.9 Å². The predicted molar refractivity (Wildman–Crippen MR) is 73.1 cm³/mol. The van der Waals surface area contributed by atoms with E-state index >= 15 is 0 Å². The summed E-state index contributed by atoms with van der Waals surface area (Å²) in [6.45, 7) is 4.55. The van der Waals surface area contributed by atoms with E-state index < -0.39 is 0 Å². The molecule has 1 N–H and O–H groups in total. The molecule has 0 spiro atoms. The number of hydrogen-bond donors (Lipinski definition) is 1. The van der Waals surface area contributed by atoms with Crippen LogP contribution in [0.1, 0.15) is 45.4 Å². The normalized spacial score (nSPS) is 13.2. The fourth-order valence-corrected chi connectivity index (χ4v) is 2.58. The molecule has 17 heavy (non-hydrogen) atoms. The quantitative estimate of drug-likeness (QED) is 0.753. The summed E-state index contributed by atoms with van der Waals surface area (Å²) >= 11 is 0. The number of nitrogens with zero attached hydrogens (tertiary/aromatic N) is 2. The highest BCUT2D eigenvalue weighted by molar-refractivity contribution is 4.95. The summed E-state index contributed by atoms with van der Waals surface area (Å²) in [5, 5.41) is 3.48. The number of aromatic nitrogens is 2. The lowest BCUT2D eigenvalue weighted by Gasteiger charge is -2.26. The third kappa shape index (κ3) is 4.15. The average molecular weight is 237 g/mol. The van der Waals surface area contributed by atoms with E-state index in [2.05, 4.69) is 42.8 Å². The SMILES string of the molecule is CCCC(CCC)C(Cc1nccn1C)NC. The number of rotatable bonds is 8. The van der Waals surface area contributed by atoms with Crippen molar-refractivity contribution in [2.75, 3.05) is 7.05 Å². The Morgan fingerprint density at radius 1 is 1.29 bits per heavy atom. The molecule has 0 aliphatic heterocycles. The smallest absolute Gasteiger partial charge is 0.109 e.